The van der Waals surface area contributed by atoms with Crippen LogP contribution in [0.15, 0.2) is 48.5 Å². The summed E-state index contributed by atoms with van der Waals surface area (Å²) in [6.45, 7) is 1.31. The molecular weight excluding hydrogens is 380 g/mol. The number of hydrazine groups is 1. The lowest BCUT2D eigenvalue weighted by molar-refractivity contribution is -0.384. The highest BCUT2D eigenvalue weighted by Gasteiger charge is 2.23. The number of nitro groups is 1. The molecule has 152 valence electrons. The number of esters is 1. The smallest absolute Gasteiger partial charge is 0.339 e. The lowest BCUT2D eigenvalue weighted by atomic mass is 10.1. The number of rotatable bonds is 6. The average molecular weight is 400 g/mol. The first kappa shape index (κ1) is 21.4. The molecule has 0 bridgehead atoms. The normalized spacial score (nSPS) is 11.1. The van der Waals surface area contributed by atoms with Crippen molar-refractivity contribution in [3.05, 3.63) is 69.8 Å². The van der Waals surface area contributed by atoms with Crippen molar-refractivity contribution in [3.63, 3.8) is 0 Å². The van der Waals surface area contributed by atoms with Crippen molar-refractivity contribution >= 4 is 29.2 Å². The number of nitrogens with zero attached hydrogens (tertiary/aromatic N) is 2. The summed E-state index contributed by atoms with van der Waals surface area (Å²) in [4.78, 5) is 48.3. The summed E-state index contributed by atoms with van der Waals surface area (Å²) >= 11 is 0. The number of ether oxygens (including phenoxy) is 1. The maximum Gasteiger partial charge on any atom is 0.339 e. The number of carbonyl (C=O) groups excluding carboxylic acids is 3. The van der Waals surface area contributed by atoms with Crippen molar-refractivity contribution in [1.82, 2.24) is 10.9 Å². The zero-order valence-corrected chi connectivity index (χ0v) is 16.0. The van der Waals surface area contributed by atoms with Crippen LogP contribution in [0.3, 0.4) is 0 Å². The molecule has 2 aromatic carbocycles. The molecule has 0 spiro atoms. The fraction of sp³-hybridized carbons (Fsp3) is 0.211. The highest BCUT2D eigenvalue weighted by molar-refractivity contribution is 5.96. The van der Waals surface area contributed by atoms with E-state index in [2.05, 4.69) is 10.9 Å². The molecule has 0 heterocycles. The van der Waals surface area contributed by atoms with E-state index in [1.165, 1.54) is 19.1 Å². The van der Waals surface area contributed by atoms with Gasteiger partial charge in [0.05, 0.1) is 10.5 Å². The van der Waals surface area contributed by atoms with E-state index in [-0.39, 0.29) is 11.3 Å². The van der Waals surface area contributed by atoms with Gasteiger partial charge >= 0.3 is 5.97 Å². The molecule has 0 aliphatic heterocycles. The minimum Gasteiger partial charge on any atom is -0.449 e. The topological polar surface area (TPSA) is 131 Å². The fourth-order valence-electron chi connectivity index (χ4n) is 2.34. The van der Waals surface area contributed by atoms with Crippen LogP contribution in [0.5, 0.6) is 0 Å². The molecule has 1 atom stereocenters. The predicted octanol–water partition coefficient (Wildman–Crippen LogP) is 1.67. The van der Waals surface area contributed by atoms with Crippen molar-refractivity contribution in [2.24, 2.45) is 0 Å². The number of amides is 2. The molecule has 0 aromatic heterocycles. The van der Waals surface area contributed by atoms with Crippen LogP contribution in [0.1, 0.15) is 27.6 Å². The largest absolute Gasteiger partial charge is 0.449 e. The van der Waals surface area contributed by atoms with Crippen LogP contribution in [0, 0.1) is 10.1 Å². The third-order valence-corrected chi connectivity index (χ3v) is 3.88. The van der Waals surface area contributed by atoms with Crippen LogP contribution >= 0.6 is 0 Å². The van der Waals surface area contributed by atoms with Crippen LogP contribution in [-0.2, 0) is 9.53 Å². The molecule has 2 N–H and O–H groups in total. The zero-order chi connectivity index (χ0) is 21.6. The van der Waals surface area contributed by atoms with Crippen LogP contribution in [0.2, 0.25) is 0 Å². The second-order valence-electron chi connectivity index (χ2n) is 6.21. The highest BCUT2D eigenvalue weighted by Crippen LogP contribution is 2.28. The van der Waals surface area contributed by atoms with Gasteiger partial charge in [0.2, 0.25) is 0 Å². The molecule has 0 radical (unpaired) electrons. The van der Waals surface area contributed by atoms with E-state index in [9.17, 15) is 24.5 Å². The Hall–Kier alpha value is -3.95. The predicted molar refractivity (Wildman–Crippen MR) is 104 cm³/mol. The Kier molecular flexibility index (Phi) is 6.85. The summed E-state index contributed by atoms with van der Waals surface area (Å²) in [6, 6.07) is 12.1. The van der Waals surface area contributed by atoms with E-state index in [0.717, 1.165) is 6.07 Å². The average Bonchev–Trinajstić information content (AvgIpc) is 2.71. The molecule has 2 aromatic rings. The summed E-state index contributed by atoms with van der Waals surface area (Å²) in [5.41, 5.74) is 4.69. The third-order valence-electron chi connectivity index (χ3n) is 3.88. The Balaban J connectivity index is 1.99. The molecule has 2 amide bonds. The van der Waals surface area contributed by atoms with Gasteiger partial charge in [0, 0.05) is 25.7 Å². The summed E-state index contributed by atoms with van der Waals surface area (Å²) in [7, 11) is 3.27. The number of benzene rings is 2. The first-order chi connectivity index (χ1) is 13.7. The van der Waals surface area contributed by atoms with Gasteiger partial charge in [-0.25, -0.2) is 4.79 Å². The Morgan fingerprint density at radius 1 is 1.03 bits per heavy atom. The number of hydrogen-bond donors (Lipinski definition) is 2. The minimum absolute atomic E-state index is 0.0738. The summed E-state index contributed by atoms with van der Waals surface area (Å²) in [6.07, 6.45) is -1.24. The highest BCUT2D eigenvalue weighted by atomic mass is 16.6. The molecule has 0 saturated carbocycles. The molecule has 0 unspecified atom stereocenters. The number of hydrogen-bond acceptors (Lipinski definition) is 7. The van der Waals surface area contributed by atoms with Gasteiger partial charge in [-0.2, -0.15) is 0 Å². The minimum atomic E-state index is -1.24. The lowest BCUT2D eigenvalue weighted by Crippen LogP contribution is -2.46. The monoisotopic (exact) mass is 400 g/mol. The molecular formula is C19H20N4O6. The van der Waals surface area contributed by atoms with Crippen molar-refractivity contribution in [2.75, 3.05) is 19.0 Å². The van der Waals surface area contributed by atoms with E-state index in [4.69, 9.17) is 4.74 Å². The van der Waals surface area contributed by atoms with E-state index < -0.39 is 28.8 Å². The van der Waals surface area contributed by atoms with Crippen molar-refractivity contribution in [1.29, 1.82) is 0 Å². The van der Waals surface area contributed by atoms with Gasteiger partial charge in [0.1, 0.15) is 5.69 Å². The number of nitrogens with one attached hydrogen (secondary N) is 2. The van der Waals surface area contributed by atoms with Gasteiger partial charge in [-0.15, -0.1) is 0 Å². The number of anilines is 1. The van der Waals surface area contributed by atoms with Gasteiger partial charge < -0.3 is 9.64 Å². The molecule has 10 nitrogen and oxygen atoms in total. The lowest BCUT2D eigenvalue weighted by Gasteiger charge is -2.15. The Morgan fingerprint density at radius 2 is 1.69 bits per heavy atom. The third kappa shape index (κ3) is 5.51. The Morgan fingerprint density at radius 3 is 2.28 bits per heavy atom. The van der Waals surface area contributed by atoms with Crippen LogP contribution in [0.25, 0.3) is 0 Å². The van der Waals surface area contributed by atoms with Gasteiger partial charge in [0.15, 0.2) is 6.10 Å². The zero-order valence-electron chi connectivity index (χ0n) is 16.0. The molecule has 0 aliphatic rings. The van der Waals surface area contributed by atoms with E-state index in [1.807, 2.05) is 0 Å². The molecule has 10 heteroatoms. The van der Waals surface area contributed by atoms with Crippen molar-refractivity contribution < 1.29 is 24.0 Å². The second-order valence-corrected chi connectivity index (χ2v) is 6.21. The maximum absolute atomic E-state index is 12.2. The van der Waals surface area contributed by atoms with Crippen LogP contribution in [0.4, 0.5) is 11.4 Å². The van der Waals surface area contributed by atoms with Crippen molar-refractivity contribution in [3.8, 4) is 0 Å². The van der Waals surface area contributed by atoms with E-state index in [1.54, 1.807) is 49.3 Å². The standard InChI is InChI=1S/C19H20N4O6/c1-12(17(24)20-21-18(25)13-7-5-4-6-8-13)29-19(26)14-9-10-15(22(2)3)16(11-14)23(27)28/h4-12H,1-3H3,(H,20,24)(H,21,25)/t12-/m0/s1. The van der Waals surface area contributed by atoms with Crippen LogP contribution in [-0.4, -0.2) is 42.9 Å². The fourth-order valence-corrected chi connectivity index (χ4v) is 2.34. The Labute approximate surface area is 166 Å². The van der Waals surface area contributed by atoms with E-state index in [0.29, 0.717) is 11.3 Å². The van der Waals surface area contributed by atoms with Gasteiger partial charge in [-0.3, -0.25) is 30.6 Å². The summed E-state index contributed by atoms with van der Waals surface area (Å²) in [5, 5.41) is 11.2. The van der Waals surface area contributed by atoms with Crippen molar-refractivity contribution in [2.45, 2.75) is 13.0 Å². The first-order valence-electron chi connectivity index (χ1n) is 8.52. The molecule has 2 rings (SSSR count). The van der Waals surface area contributed by atoms with Gasteiger partial charge in [-0.1, -0.05) is 18.2 Å². The first-order valence-corrected chi connectivity index (χ1v) is 8.52. The van der Waals surface area contributed by atoms with E-state index >= 15 is 0 Å². The van der Waals surface area contributed by atoms with Gasteiger partial charge in [-0.05, 0) is 31.2 Å². The summed E-state index contributed by atoms with van der Waals surface area (Å²) < 4.78 is 5.03. The molecule has 29 heavy (non-hydrogen) atoms. The second kappa shape index (κ2) is 9.31. The Bertz CT molecular complexity index is 930. The quantitative estimate of drug-likeness (QED) is 0.428. The summed E-state index contributed by atoms with van der Waals surface area (Å²) in [5.74, 6) is -2.20. The molecule has 0 fully saturated rings. The van der Waals surface area contributed by atoms with Crippen LogP contribution < -0.4 is 15.8 Å². The maximum atomic E-state index is 12.2. The number of nitro benzene ring substituents is 1. The number of carbonyl (C=O) groups is 3. The van der Waals surface area contributed by atoms with Gasteiger partial charge in [0.25, 0.3) is 17.5 Å². The SMILES string of the molecule is C[C@H](OC(=O)c1ccc(N(C)C)c([N+](=O)[O-])c1)C(=O)NNC(=O)c1ccccc1. The molecule has 0 aliphatic carbocycles. The molecule has 0 saturated heterocycles.